The smallest absolute Gasteiger partial charge is 1.00 e. The van der Waals surface area contributed by atoms with Crippen molar-refractivity contribution in [3.05, 3.63) is 0 Å². The van der Waals surface area contributed by atoms with Crippen molar-refractivity contribution in [1.29, 1.82) is 0 Å². The monoisotopic (exact) mass is 381 g/mol. The molecule has 0 saturated carbocycles. The van der Waals surface area contributed by atoms with Gasteiger partial charge >= 0.3 is 118 Å². The fourth-order valence-electron chi connectivity index (χ4n) is 2.18. The van der Waals surface area contributed by atoms with E-state index >= 15 is 0 Å². The molecule has 0 amide bonds. The molecular formula is C12H26Cl3N3OTi. The Balaban J connectivity index is -0.000000963. The van der Waals surface area contributed by atoms with Gasteiger partial charge in [0, 0.05) is 0 Å². The Hall–Kier alpha value is 1.42. The molecule has 1 fully saturated rings. The van der Waals surface area contributed by atoms with Crippen molar-refractivity contribution in [2.24, 2.45) is 0 Å². The van der Waals surface area contributed by atoms with Crippen LogP contribution in [0, 0.1) is 0 Å². The molecule has 0 bridgehead atoms. The molecule has 1 aliphatic heterocycles. The second-order valence-electron chi connectivity index (χ2n) is 4.92. The summed E-state index contributed by atoms with van der Waals surface area (Å²) in [5.74, 6) is 0. The molecule has 0 aliphatic carbocycles. The van der Waals surface area contributed by atoms with E-state index in [1.807, 2.05) is 7.11 Å². The van der Waals surface area contributed by atoms with Crippen molar-refractivity contribution in [1.82, 2.24) is 15.1 Å². The van der Waals surface area contributed by atoms with E-state index in [9.17, 15) is 0 Å². The summed E-state index contributed by atoms with van der Waals surface area (Å²) in [6, 6.07) is 0. The molecule has 4 nitrogen and oxygen atoms in total. The first-order valence-electron chi connectivity index (χ1n) is 6.49. The van der Waals surface area contributed by atoms with Crippen LogP contribution in [0.1, 0.15) is 19.3 Å². The molecule has 1 heterocycles. The predicted octanol–water partition coefficient (Wildman–Crippen LogP) is -8.52. The Morgan fingerprint density at radius 2 is 1.60 bits per heavy atom. The van der Waals surface area contributed by atoms with Gasteiger partial charge < -0.3 is 37.2 Å². The topological polar surface area (TPSA) is 27.7 Å². The fourth-order valence-corrected chi connectivity index (χ4v) is 2.55. The van der Waals surface area contributed by atoms with Crippen LogP contribution in [0.25, 0.3) is 0 Å². The van der Waals surface area contributed by atoms with Gasteiger partial charge in [-0.05, 0) is 0 Å². The molecule has 0 aromatic rings. The zero-order valence-corrected chi connectivity index (χ0v) is 16.4. The molecular weight excluding hydrogens is 356 g/mol. The molecule has 0 radical (unpaired) electrons. The number of ether oxygens (including phenoxy) is 1. The minimum atomic E-state index is -0.134. The van der Waals surface area contributed by atoms with E-state index in [1.54, 1.807) is 0 Å². The first-order chi connectivity index (χ1) is 8.08. The summed E-state index contributed by atoms with van der Waals surface area (Å²) < 4.78 is 5.56. The number of hydrogen-bond acceptors (Lipinski definition) is 4. The van der Waals surface area contributed by atoms with Crippen LogP contribution in [0.5, 0.6) is 0 Å². The largest absolute Gasteiger partial charge is 1.00 e. The number of rotatable bonds is 1. The first kappa shape index (κ1) is 26.3. The summed E-state index contributed by atoms with van der Waals surface area (Å²) in [6.45, 7) is 5.59. The third-order valence-electron chi connectivity index (χ3n) is 3.52. The number of nitrogens with one attached hydrogen (secondary N) is 1. The summed E-state index contributed by atoms with van der Waals surface area (Å²) in [7, 11) is 6.19. The minimum absolute atomic E-state index is 0. The van der Waals surface area contributed by atoms with Gasteiger partial charge in [0.15, 0.2) is 0 Å². The number of methoxy groups -OCH3 is 1. The molecule has 120 valence electrons. The third-order valence-corrected chi connectivity index (χ3v) is 4.83. The molecule has 0 spiro atoms. The Bertz CT molecular complexity index is 230. The van der Waals surface area contributed by atoms with E-state index in [0.29, 0.717) is 0 Å². The van der Waals surface area contributed by atoms with Crippen molar-refractivity contribution in [3.63, 3.8) is 0 Å². The van der Waals surface area contributed by atoms with E-state index in [-0.39, 0.29) is 41.3 Å². The maximum absolute atomic E-state index is 5.69. The van der Waals surface area contributed by atoms with Crippen molar-refractivity contribution in [3.8, 4) is 0 Å². The second-order valence-corrected chi connectivity index (χ2v) is 6.14. The van der Waals surface area contributed by atoms with Gasteiger partial charge in [0.2, 0.25) is 0 Å². The summed E-state index contributed by atoms with van der Waals surface area (Å²) in [5.41, 5.74) is 0. The van der Waals surface area contributed by atoms with Crippen LogP contribution in [-0.2, 0) is 25.2 Å². The van der Waals surface area contributed by atoms with Crippen LogP contribution >= 0.6 is 0 Å². The van der Waals surface area contributed by atoms with Gasteiger partial charge in [0.25, 0.3) is 0 Å². The number of hydrogen-bond donors (Lipinski definition) is 1. The molecule has 20 heavy (non-hydrogen) atoms. The summed E-state index contributed by atoms with van der Waals surface area (Å²) >= 11 is 2.18. The van der Waals surface area contributed by atoms with Crippen LogP contribution < -0.4 is 42.5 Å². The molecule has 1 aliphatic rings. The molecule has 1 atom stereocenters. The Kier molecular flexibility index (Phi) is 18.5. The van der Waals surface area contributed by atoms with Gasteiger partial charge in [0.1, 0.15) is 0 Å². The molecule has 8 heteroatoms. The fraction of sp³-hybridized carbons (Fsp3) is 1.00. The zero-order chi connectivity index (χ0) is 12.7. The molecule has 1 N–H and O–H groups in total. The average molecular weight is 383 g/mol. The average Bonchev–Trinajstić information content (AvgIpc) is 2.31. The van der Waals surface area contributed by atoms with Crippen LogP contribution in [0.15, 0.2) is 0 Å². The van der Waals surface area contributed by atoms with Crippen molar-refractivity contribution in [2.75, 3.05) is 53.9 Å². The quantitative estimate of drug-likeness (QED) is 0.456. The number of nitrogens with zero attached hydrogens (tertiary/aromatic N) is 2. The van der Waals surface area contributed by atoms with Crippen molar-refractivity contribution >= 4 is 0 Å². The SMILES string of the molecule is CO[C]1([Ti+3])CCNCCCN(C)CCCN1C.[Cl-].[Cl-].[Cl-]. The van der Waals surface area contributed by atoms with E-state index in [0.717, 1.165) is 26.1 Å². The maximum Gasteiger partial charge on any atom is -1.00 e. The molecule has 1 unspecified atom stereocenters. The standard InChI is InChI=1S/C12H26N3O.3ClH.Ti/c1-14-9-4-7-13-8-6-12(16-3)15(2)11-5-10-14;;;;/h13H,4-11H2,1-3H3;3*1H;/q;;;;+3/p-3. The summed E-state index contributed by atoms with van der Waals surface area (Å²) in [4.78, 5) is 4.76. The van der Waals surface area contributed by atoms with Crippen molar-refractivity contribution in [2.45, 2.75) is 23.3 Å². The minimum Gasteiger partial charge on any atom is -1.00 e. The molecule has 1 saturated heterocycles. The van der Waals surface area contributed by atoms with E-state index in [1.165, 1.54) is 25.9 Å². The van der Waals surface area contributed by atoms with Crippen LogP contribution in [0.3, 0.4) is 0 Å². The maximum atomic E-state index is 5.69. The Labute approximate surface area is 154 Å². The van der Waals surface area contributed by atoms with Gasteiger partial charge in [0.05, 0.1) is 0 Å². The Morgan fingerprint density at radius 1 is 1.00 bits per heavy atom. The third kappa shape index (κ3) is 9.44. The van der Waals surface area contributed by atoms with Crippen LogP contribution in [0.4, 0.5) is 0 Å². The van der Waals surface area contributed by atoms with E-state index in [4.69, 9.17) is 4.74 Å². The van der Waals surface area contributed by atoms with Gasteiger partial charge in [-0.2, -0.15) is 0 Å². The van der Waals surface area contributed by atoms with E-state index in [2.05, 4.69) is 49.6 Å². The van der Waals surface area contributed by atoms with Crippen LogP contribution in [-0.4, -0.2) is 67.8 Å². The molecule has 1 rings (SSSR count). The van der Waals surface area contributed by atoms with Gasteiger partial charge in [-0.15, -0.1) is 0 Å². The van der Waals surface area contributed by atoms with Crippen LogP contribution in [0.2, 0.25) is 0 Å². The van der Waals surface area contributed by atoms with Crippen molar-refractivity contribution < 1.29 is 62.4 Å². The molecule has 0 aromatic carbocycles. The second kappa shape index (κ2) is 14.0. The summed E-state index contributed by atoms with van der Waals surface area (Å²) in [6.07, 6.45) is 3.48. The van der Waals surface area contributed by atoms with Gasteiger partial charge in [-0.3, -0.25) is 0 Å². The summed E-state index contributed by atoms with van der Waals surface area (Å²) in [5, 5.41) is 3.50. The zero-order valence-electron chi connectivity index (χ0n) is 12.6. The Morgan fingerprint density at radius 3 is 2.20 bits per heavy atom. The predicted molar refractivity (Wildman–Crippen MR) is 66.6 cm³/mol. The first-order valence-corrected chi connectivity index (χ1v) is 7.27. The molecule has 0 aromatic heterocycles. The van der Waals surface area contributed by atoms with Gasteiger partial charge in [-0.1, -0.05) is 0 Å². The normalized spacial score (nSPS) is 27.1. The van der Waals surface area contributed by atoms with Gasteiger partial charge in [-0.25, -0.2) is 0 Å². The van der Waals surface area contributed by atoms with E-state index < -0.39 is 0 Å². The number of halogens is 3.